The Kier molecular flexibility index (Phi) is 4.99. The fraction of sp³-hybridized carbons (Fsp3) is 0.217. The van der Waals surface area contributed by atoms with Crippen LogP contribution in [0.1, 0.15) is 23.2 Å². The first-order valence-electron chi connectivity index (χ1n) is 9.91. The third-order valence-corrected chi connectivity index (χ3v) is 6.11. The van der Waals surface area contributed by atoms with E-state index in [4.69, 9.17) is 9.26 Å². The highest BCUT2D eigenvalue weighted by Crippen LogP contribution is 2.33. The number of rotatable bonds is 5. The molecule has 31 heavy (non-hydrogen) atoms. The van der Waals surface area contributed by atoms with E-state index >= 15 is 0 Å². The molecule has 1 saturated heterocycles. The molecule has 0 aliphatic carbocycles. The molecule has 1 atom stereocenters. The second-order valence-electron chi connectivity index (χ2n) is 7.39. The summed E-state index contributed by atoms with van der Waals surface area (Å²) in [6.45, 7) is 2.49. The van der Waals surface area contributed by atoms with Crippen LogP contribution in [-0.4, -0.2) is 34.7 Å². The summed E-state index contributed by atoms with van der Waals surface area (Å²) in [5, 5.41) is 7.22. The van der Waals surface area contributed by atoms with E-state index < -0.39 is 0 Å². The van der Waals surface area contributed by atoms with Crippen LogP contribution in [0.4, 0.5) is 5.69 Å². The fourth-order valence-corrected chi connectivity index (χ4v) is 4.34. The maximum absolute atomic E-state index is 12.6. The average molecular weight is 433 g/mol. The minimum atomic E-state index is -0.139. The molecule has 7 nitrogen and oxygen atoms in total. The van der Waals surface area contributed by atoms with Gasteiger partial charge in [0.05, 0.1) is 23.7 Å². The quantitative estimate of drug-likeness (QED) is 0.455. The lowest BCUT2D eigenvalue weighted by Crippen LogP contribution is -2.24. The van der Waals surface area contributed by atoms with Gasteiger partial charge in [-0.1, -0.05) is 23.4 Å². The molecule has 0 saturated carbocycles. The Bertz CT molecular complexity index is 1230. The fourth-order valence-electron chi connectivity index (χ4n) is 3.72. The van der Waals surface area contributed by atoms with Crippen molar-refractivity contribution in [1.29, 1.82) is 0 Å². The van der Waals surface area contributed by atoms with Gasteiger partial charge in [-0.05, 0) is 37.3 Å². The van der Waals surface area contributed by atoms with E-state index in [-0.39, 0.29) is 11.8 Å². The predicted molar refractivity (Wildman–Crippen MR) is 118 cm³/mol. The first kappa shape index (κ1) is 19.4. The van der Waals surface area contributed by atoms with Crippen LogP contribution >= 0.6 is 11.3 Å². The van der Waals surface area contributed by atoms with Crippen molar-refractivity contribution < 1.29 is 14.1 Å². The second-order valence-corrected chi connectivity index (χ2v) is 8.45. The monoisotopic (exact) mass is 432 g/mol. The number of aryl methyl sites for hydroxylation is 1. The third-order valence-electron chi connectivity index (χ3n) is 5.34. The van der Waals surface area contributed by atoms with Crippen LogP contribution in [-0.2, 0) is 4.79 Å². The van der Waals surface area contributed by atoms with Crippen molar-refractivity contribution in [1.82, 2.24) is 15.1 Å². The highest BCUT2D eigenvalue weighted by Gasteiger charge is 2.35. The predicted octanol–water partition coefficient (Wildman–Crippen LogP) is 4.70. The molecule has 0 N–H and O–H groups in total. The van der Waals surface area contributed by atoms with Gasteiger partial charge in [0.2, 0.25) is 17.6 Å². The standard InChI is InChI=1S/C23H20N4O3S/c1-14-24-20(13-31-14)15-4-3-5-16(10-15)22-25-23(30-26-22)17-11-21(28)27(12-17)18-6-8-19(29-2)9-7-18/h3-10,13,17H,11-12H2,1-2H3/t17-/m1/s1. The minimum Gasteiger partial charge on any atom is -0.497 e. The summed E-state index contributed by atoms with van der Waals surface area (Å²) in [4.78, 5) is 23.5. The number of anilines is 1. The molecule has 5 rings (SSSR count). The van der Waals surface area contributed by atoms with E-state index in [2.05, 4.69) is 15.1 Å². The van der Waals surface area contributed by atoms with Crippen LogP contribution in [0.2, 0.25) is 0 Å². The summed E-state index contributed by atoms with van der Waals surface area (Å²) in [7, 11) is 1.62. The number of ether oxygens (including phenoxy) is 1. The molecule has 1 fully saturated rings. The van der Waals surface area contributed by atoms with Gasteiger partial charge in [0.1, 0.15) is 5.75 Å². The van der Waals surface area contributed by atoms with Gasteiger partial charge in [-0.2, -0.15) is 4.98 Å². The molecule has 0 bridgehead atoms. The number of hydrogen-bond acceptors (Lipinski definition) is 7. The van der Waals surface area contributed by atoms with Gasteiger partial charge < -0.3 is 14.2 Å². The number of nitrogens with zero attached hydrogens (tertiary/aromatic N) is 4. The largest absolute Gasteiger partial charge is 0.497 e. The zero-order valence-corrected chi connectivity index (χ0v) is 17.9. The number of aromatic nitrogens is 3. The summed E-state index contributed by atoms with van der Waals surface area (Å²) >= 11 is 1.62. The Morgan fingerprint density at radius 3 is 2.68 bits per heavy atom. The number of hydrogen-bond donors (Lipinski definition) is 0. The number of methoxy groups -OCH3 is 1. The normalized spacial score (nSPS) is 16.1. The van der Waals surface area contributed by atoms with Gasteiger partial charge in [0, 0.05) is 35.2 Å². The molecule has 156 valence electrons. The van der Waals surface area contributed by atoms with E-state index in [0.29, 0.717) is 24.7 Å². The van der Waals surface area contributed by atoms with Gasteiger partial charge in [0.25, 0.3) is 0 Å². The SMILES string of the molecule is COc1ccc(N2C[C@H](c3nc(-c4cccc(-c5csc(C)n5)c4)no3)CC2=O)cc1. The first-order chi connectivity index (χ1) is 15.1. The van der Waals surface area contributed by atoms with E-state index in [9.17, 15) is 4.79 Å². The van der Waals surface area contributed by atoms with Crippen molar-refractivity contribution in [3.63, 3.8) is 0 Å². The lowest BCUT2D eigenvalue weighted by molar-refractivity contribution is -0.117. The molecule has 1 aliphatic rings. The lowest BCUT2D eigenvalue weighted by Gasteiger charge is -2.16. The molecule has 0 spiro atoms. The number of thiazole rings is 1. The van der Waals surface area contributed by atoms with Gasteiger partial charge in [-0.25, -0.2) is 4.98 Å². The minimum absolute atomic E-state index is 0.0378. The van der Waals surface area contributed by atoms with Crippen molar-refractivity contribution in [3.05, 3.63) is 64.8 Å². The zero-order valence-electron chi connectivity index (χ0n) is 17.1. The third kappa shape index (κ3) is 3.82. The Morgan fingerprint density at radius 2 is 1.94 bits per heavy atom. The van der Waals surface area contributed by atoms with Crippen molar-refractivity contribution in [3.8, 4) is 28.4 Å². The Balaban J connectivity index is 1.35. The van der Waals surface area contributed by atoms with Gasteiger partial charge in [0.15, 0.2) is 0 Å². The summed E-state index contributed by atoms with van der Waals surface area (Å²) in [6, 6.07) is 15.4. The molecule has 3 heterocycles. The van der Waals surface area contributed by atoms with Crippen molar-refractivity contribution in [2.75, 3.05) is 18.6 Å². The summed E-state index contributed by atoms with van der Waals surface area (Å²) in [6.07, 6.45) is 0.339. The Hall–Kier alpha value is -3.52. The molecule has 0 radical (unpaired) electrons. The molecule has 2 aromatic heterocycles. The van der Waals surface area contributed by atoms with Crippen LogP contribution in [0.5, 0.6) is 5.75 Å². The van der Waals surface area contributed by atoms with Gasteiger partial charge in [-0.15, -0.1) is 11.3 Å². The Morgan fingerprint density at radius 1 is 1.13 bits per heavy atom. The van der Waals surface area contributed by atoms with E-state index in [1.54, 1.807) is 23.3 Å². The number of carbonyl (C=O) groups excluding carboxylic acids is 1. The number of benzene rings is 2. The van der Waals surface area contributed by atoms with Crippen LogP contribution in [0.3, 0.4) is 0 Å². The molecule has 2 aromatic carbocycles. The molecule has 0 unspecified atom stereocenters. The highest BCUT2D eigenvalue weighted by atomic mass is 32.1. The lowest BCUT2D eigenvalue weighted by atomic mass is 10.1. The summed E-state index contributed by atoms with van der Waals surface area (Å²) < 4.78 is 10.7. The van der Waals surface area contributed by atoms with Crippen LogP contribution in [0.15, 0.2) is 58.4 Å². The maximum atomic E-state index is 12.6. The Labute approximate surface area is 183 Å². The first-order valence-corrected chi connectivity index (χ1v) is 10.8. The van der Waals surface area contributed by atoms with E-state index in [1.807, 2.05) is 60.8 Å². The van der Waals surface area contributed by atoms with E-state index in [1.165, 1.54) is 0 Å². The summed E-state index contributed by atoms with van der Waals surface area (Å²) in [5.41, 5.74) is 3.63. The zero-order chi connectivity index (χ0) is 21.4. The van der Waals surface area contributed by atoms with Crippen LogP contribution in [0, 0.1) is 6.92 Å². The average Bonchev–Trinajstić information content (AvgIpc) is 3.54. The van der Waals surface area contributed by atoms with Crippen molar-refractivity contribution in [2.45, 2.75) is 19.3 Å². The van der Waals surface area contributed by atoms with Crippen LogP contribution in [0.25, 0.3) is 22.6 Å². The molecule has 1 amide bonds. The summed E-state index contributed by atoms with van der Waals surface area (Å²) in [5.74, 6) is 1.65. The number of carbonyl (C=O) groups is 1. The smallest absolute Gasteiger partial charge is 0.232 e. The van der Waals surface area contributed by atoms with Crippen molar-refractivity contribution >= 4 is 22.9 Å². The molecule has 1 aliphatic heterocycles. The topological polar surface area (TPSA) is 81.3 Å². The molecule has 8 heteroatoms. The molecule has 4 aromatic rings. The maximum Gasteiger partial charge on any atom is 0.232 e. The molecular formula is C23H20N4O3S. The van der Waals surface area contributed by atoms with Crippen LogP contribution < -0.4 is 9.64 Å². The highest BCUT2D eigenvalue weighted by molar-refractivity contribution is 7.09. The van der Waals surface area contributed by atoms with Gasteiger partial charge in [-0.3, -0.25) is 4.79 Å². The van der Waals surface area contributed by atoms with Crippen molar-refractivity contribution in [2.24, 2.45) is 0 Å². The van der Waals surface area contributed by atoms with Gasteiger partial charge >= 0.3 is 0 Å². The molecular weight excluding hydrogens is 412 g/mol. The van der Waals surface area contributed by atoms with E-state index in [0.717, 1.165) is 33.3 Å². The second kappa shape index (κ2) is 7.96. The number of amides is 1.